The van der Waals surface area contributed by atoms with Gasteiger partial charge in [0.05, 0.1) is 12.1 Å². The molecule has 0 aliphatic carbocycles. The lowest BCUT2D eigenvalue weighted by molar-refractivity contribution is 0.470. The number of aryl methyl sites for hydroxylation is 1. The molecule has 5 N–H and O–H groups in total. The lowest BCUT2D eigenvalue weighted by Crippen LogP contribution is -2.44. The SMILES string of the molecule is Cn1cnc2nc(NCCS(O)(O)NCc3ccccc3)nc(N3CCNCC3)c21. The van der Waals surface area contributed by atoms with Gasteiger partial charge >= 0.3 is 0 Å². The van der Waals surface area contributed by atoms with E-state index in [0.717, 1.165) is 43.1 Å². The summed E-state index contributed by atoms with van der Waals surface area (Å²) in [6.07, 6.45) is 1.74. The first-order valence-electron chi connectivity index (χ1n) is 9.95. The summed E-state index contributed by atoms with van der Waals surface area (Å²) in [6.45, 7) is 4.25. The third-order valence-electron chi connectivity index (χ3n) is 4.99. The molecule has 1 saturated heterocycles. The van der Waals surface area contributed by atoms with Crippen molar-refractivity contribution < 1.29 is 9.11 Å². The van der Waals surface area contributed by atoms with E-state index in [1.54, 1.807) is 6.33 Å². The molecule has 1 aliphatic heterocycles. The molecule has 10 nitrogen and oxygen atoms in total. The second-order valence-corrected chi connectivity index (χ2v) is 9.27. The van der Waals surface area contributed by atoms with Crippen LogP contribution >= 0.6 is 10.8 Å². The Morgan fingerprint density at radius 3 is 2.67 bits per heavy atom. The Balaban J connectivity index is 1.41. The zero-order chi connectivity index (χ0) is 21.0. The van der Waals surface area contributed by atoms with Crippen LogP contribution in [0, 0.1) is 0 Å². The van der Waals surface area contributed by atoms with Crippen LogP contribution < -0.4 is 20.3 Å². The third-order valence-corrected chi connectivity index (χ3v) is 6.37. The highest BCUT2D eigenvalue weighted by Gasteiger charge is 2.20. The zero-order valence-corrected chi connectivity index (χ0v) is 17.8. The zero-order valence-electron chi connectivity index (χ0n) is 17.0. The summed E-state index contributed by atoms with van der Waals surface area (Å²) in [5.74, 6) is 1.43. The van der Waals surface area contributed by atoms with Gasteiger partial charge < -0.3 is 20.1 Å². The number of piperazine rings is 1. The molecule has 2 aromatic heterocycles. The van der Waals surface area contributed by atoms with Crippen molar-refractivity contribution in [3.05, 3.63) is 42.2 Å². The van der Waals surface area contributed by atoms with Crippen LogP contribution in [0.15, 0.2) is 36.7 Å². The molecule has 0 bridgehead atoms. The highest BCUT2D eigenvalue weighted by atomic mass is 32.3. The summed E-state index contributed by atoms with van der Waals surface area (Å²) >= 11 is 0. The van der Waals surface area contributed by atoms with E-state index in [9.17, 15) is 9.11 Å². The minimum absolute atomic E-state index is 0.145. The van der Waals surface area contributed by atoms with Gasteiger partial charge in [0.1, 0.15) is 5.52 Å². The number of nitrogens with zero attached hydrogens (tertiary/aromatic N) is 5. The van der Waals surface area contributed by atoms with Crippen molar-refractivity contribution in [2.45, 2.75) is 6.54 Å². The molecule has 0 atom stereocenters. The molecule has 0 unspecified atom stereocenters. The molecule has 0 spiro atoms. The van der Waals surface area contributed by atoms with Gasteiger partial charge in [-0.3, -0.25) is 9.11 Å². The topological polar surface area (TPSA) is 123 Å². The number of nitrogens with one attached hydrogen (secondary N) is 3. The number of hydrogen-bond donors (Lipinski definition) is 5. The van der Waals surface area contributed by atoms with Gasteiger partial charge in [0.25, 0.3) is 0 Å². The molecule has 4 rings (SSSR count). The first kappa shape index (κ1) is 20.8. The Morgan fingerprint density at radius 1 is 1.13 bits per heavy atom. The van der Waals surface area contributed by atoms with Crippen LogP contribution in [-0.4, -0.2) is 67.1 Å². The molecule has 3 heterocycles. The van der Waals surface area contributed by atoms with E-state index in [1.807, 2.05) is 41.9 Å². The van der Waals surface area contributed by atoms with Crippen molar-refractivity contribution in [3.63, 3.8) is 0 Å². The van der Waals surface area contributed by atoms with Crippen LogP contribution in [0.5, 0.6) is 0 Å². The quantitative estimate of drug-likeness (QED) is 0.361. The summed E-state index contributed by atoms with van der Waals surface area (Å²) in [6, 6.07) is 9.65. The second-order valence-electron chi connectivity index (χ2n) is 7.24. The lowest BCUT2D eigenvalue weighted by Gasteiger charge is -2.33. The third kappa shape index (κ3) is 4.99. The van der Waals surface area contributed by atoms with Gasteiger partial charge in [-0.1, -0.05) is 30.3 Å². The maximum atomic E-state index is 10.3. The van der Waals surface area contributed by atoms with Crippen LogP contribution in [0.25, 0.3) is 11.2 Å². The molecular weight excluding hydrogens is 404 g/mol. The smallest absolute Gasteiger partial charge is 0.226 e. The number of fused-ring (bicyclic) bond motifs is 1. The Kier molecular flexibility index (Phi) is 6.35. The Labute approximate surface area is 177 Å². The summed E-state index contributed by atoms with van der Waals surface area (Å²) in [7, 11) is -0.990. The molecule has 11 heteroatoms. The average Bonchev–Trinajstić information content (AvgIpc) is 3.14. The molecule has 3 aromatic rings. The Bertz CT molecular complexity index is 975. The van der Waals surface area contributed by atoms with E-state index < -0.39 is 10.8 Å². The molecule has 0 saturated carbocycles. The number of anilines is 2. The van der Waals surface area contributed by atoms with E-state index in [4.69, 9.17) is 4.98 Å². The van der Waals surface area contributed by atoms with Gasteiger partial charge in [-0.05, 0) is 5.56 Å². The minimum atomic E-state index is -2.93. The maximum absolute atomic E-state index is 10.3. The number of aromatic nitrogens is 4. The van der Waals surface area contributed by atoms with Crippen LogP contribution in [0.3, 0.4) is 0 Å². The molecule has 0 radical (unpaired) electrons. The van der Waals surface area contributed by atoms with Crippen molar-refractivity contribution in [1.29, 1.82) is 0 Å². The van der Waals surface area contributed by atoms with Crippen LogP contribution in [-0.2, 0) is 13.6 Å². The number of rotatable bonds is 8. The summed E-state index contributed by atoms with van der Waals surface area (Å²) in [5, 5.41) is 6.47. The highest BCUT2D eigenvalue weighted by molar-refractivity contribution is 8.22. The van der Waals surface area contributed by atoms with Gasteiger partial charge in [-0.15, -0.1) is 10.8 Å². The Hall–Kier alpha value is -2.44. The standard InChI is InChI=1S/C19H28N8O2S/c1-26-14-22-17-16(26)18(27-10-7-20-8-11-27)25-19(24-17)21-9-12-30(28,29)23-13-15-5-3-2-4-6-15/h2-6,14,20,23,28-29H,7-13H2,1H3,(H,21,24,25). The molecule has 1 aromatic carbocycles. The molecular formula is C19H28N8O2S. The first-order chi connectivity index (χ1) is 14.5. The summed E-state index contributed by atoms with van der Waals surface area (Å²) in [4.78, 5) is 15.8. The lowest BCUT2D eigenvalue weighted by atomic mass is 10.2. The van der Waals surface area contributed by atoms with E-state index in [1.165, 1.54) is 0 Å². The maximum Gasteiger partial charge on any atom is 0.226 e. The van der Waals surface area contributed by atoms with Crippen LogP contribution in [0.2, 0.25) is 0 Å². The summed E-state index contributed by atoms with van der Waals surface area (Å²) < 4.78 is 25.4. The average molecular weight is 433 g/mol. The van der Waals surface area contributed by atoms with Crippen LogP contribution in [0.1, 0.15) is 5.56 Å². The fourth-order valence-electron chi connectivity index (χ4n) is 3.38. The van der Waals surface area contributed by atoms with Gasteiger partial charge in [-0.25, -0.2) is 9.71 Å². The number of benzene rings is 1. The van der Waals surface area contributed by atoms with Crippen molar-refractivity contribution >= 4 is 33.7 Å². The molecule has 1 aliphatic rings. The van der Waals surface area contributed by atoms with E-state index in [-0.39, 0.29) is 5.75 Å². The Morgan fingerprint density at radius 2 is 1.90 bits per heavy atom. The van der Waals surface area contributed by atoms with E-state index >= 15 is 0 Å². The monoisotopic (exact) mass is 432 g/mol. The van der Waals surface area contributed by atoms with Gasteiger partial charge in [0.2, 0.25) is 5.95 Å². The fraction of sp³-hybridized carbons (Fsp3) is 0.421. The fourth-order valence-corrected chi connectivity index (χ4v) is 4.31. The normalized spacial score (nSPS) is 15.5. The minimum Gasteiger partial charge on any atom is -0.352 e. The van der Waals surface area contributed by atoms with E-state index in [0.29, 0.717) is 24.7 Å². The summed E-state index contributed by atoms with van der Waals surface area (Å²) in [5.41, 5.74) is 2.52. The van der Waals surface area contributed by atoms with E-state index in [2.05, 4.69) is 30.2 Å². The largest absolute Gasteiger partial charge is 0.352 e. The molecule has 0 amide bonds. The van der Waals surface area contributed by atoms with Gasteiger partial charge in [0.15, 0.2) is 11.5 Å². The number of hydrogen-bond acceptors (Lipinski definition) is 9. The molecule has 1 fully saturated rings. The van der Waals surface area contributed by atoms with Gasteiger partial charge in [-0.2, -0.15) is 9.97 Å². The molecule has 30 heavy (non-hydrogen) atoms. The number of imidazole rings is 1. The van der Waals surface area contributed by atoms with Crippen LogP contribution in [0.4, 0.5) is 11.8 Å². The predicted molar refractivity (Wildman–Crippen MR) is 121 cm³/mol. The predicted octanol–water partition coefficient (Wildman–Crippen LogP) is 1.64. The second kappa shape index (κ2) is 9.14. The first-order valence-corrected chi connectivity index (χ1v) is 11.7. The van der Waals surface area contributed by atoms with Crippen molar-refractivity contribution in [2.75, 3.05) is 48.7 Å². The van der Waals surface area contributed by atoms with Crippen molar-refractivity contribution in [2.24, 2.45) is 7.05 Å². The highest BCUT2D eigenvalue weighted by Crippen LogP contribution is 2.33. The van der Waals surface area contributed by atoms with Crippen molar-refractivity contribution in [1.82, 2.24) is 29.6 Å². The van der Waals surface area contributed by atoms with Gasteiger partial charge in [0, 0.05) is 46.3 Å². The molecule has 162 valence electrons. The van der Waals surface area contributed by atoms with Crippen molar-refractivity contribution in [3.8, 4) is 0 Å².